The molecule has 0 saturated carbocycles. The molecule has 19 heavy (non-hydrogen) atoms. The molecule has 0 amide bonds. The van der Waals surface area contributed by atoms with Crippen LogP contribution in [0.2, 0.25) is 5.02 Å². The predicted octanol–water partition coefficient (Wildman–Crippen LogP) is 4.10. The molecule has 0 radical (unpaired) electrons. The average Bonchev–Trinajstić information content (AvgIpc) is 2.70. The Morgan fingerprint density at radius 3 is 2.84 bits per heavy atom. The van der Waals surface area contributed by atoms with Gasteiger partial charge in [-0.15, -0.1) is 0 Å². The first-order valence-corrected chi connectivity index (χ1v) is 7.37. The lowest BCUT2D eigenvalue weighted by Crippen LogP contribution is -2.11. The van der Waals surface area contributed by atoms with Crippen molar-refractivity contribution in [1.29, 1.82) is 0 Å². The molecule has 1 unspecified atom stereocenters. The summed E-state index contributed by atoms with van der Waals surface area (Å²) in [6.45, 7) is 4.81. The summed E-state index contributed by atoms with van der Waals surface area (Å²) in [5.41, 5.74) is 2.58. The molecule has 2 rings (SSSR count). The Labute approximate surface area is 126 Å². The minimum absolute atomic E-state index is 0.494. The van der Waals surface area contributed by atoms with Crippen LogP contribution in [0.15, 0.2) is 28.9 Å². The molecule has 102 valence electrons. The molecule has 0 saturated heterocycles. The summed E-state index contributed by atoms with van der Waals surface area (Å²) in [6, 6.07) is 5.86. The SMILES string of the molecule is CCCn1ncc(Cl)c1C(O)c1ccc(C)cc1Br. The Balaban J connectivity index is 2.43. The lowest BCUT2D eigenvalue weighted by atomic mass is 10.0. The van der Waals surface area contributed by atoms with E-state index in [1.165, 1.54) is 0 Å². The number of hydrogen-bond donors (Lipinski definition) is 1. The molecule has 1 aromatic carbocycles. The highest BCUT2D eigenvalue weighted by molar-refractivity contribution is 9.10. The van der Waals surface area contributed by atoms with Crippen LogP contribution in [0.3, 0.4) is 0 Å². The van der Waals surface area contributed by atoms with E-state index in [1.54, 1.807) is 10.9 Å². The van der Waals surface area contributed by atoms with Crippen molar-refractivity contribution >= 4 is 27.5 Å². The van der Waals surface area contributed by atoms with Crippen LogP contribution in [0.5, 0.6) is 0 Å². The van der Waals surface area contributed by atoms with Crippen molar-refractivity contribution in [3.8, 4) is 0 Å². The zero-order valence-electron chi connectivity index (χ0n) is 10.9. The second-order valence-corrected chi connectivity index (χ2v) is 5.79. The number of hydrogen-bond acceptors (Lipinski definition) is 2. The van der Waals surface area contributed by atoms with Crippen LogP contribution >= 0.6 is 27.5 Å². The lowest BCUT2D eigenvalue weighted by Gasteiger charge is -2.16. The summed E-state index contributed by atoms with van der Waals surface area (Å²) in [5, 5.41) is 15.3. The number of rotatable bonds is 4. The molecule has 2 aromatic rings. The molecule has 5 heteroatoms. The van der Waals surface area contributed by atoms with Crippen molar-refractivity contribution in [2.75, 3.05) is 0 Å². The van der Waals surface area contributed by atoms with Gasteiger partial charge >= 0.3 is 0 Å². The molecule has 0 aliphatic carbocycles. The summed E-state index contributed by atoms with van der Waals surface area (Å²) in [6.07, 6.45) is 1.74. The lowest BCUT2D eigenvalue weighted by molar-refractivity contribution is 0.206. The normalized spacial score (nSPS) is 12.7. The number of benzene rings is 1. The highest BCUT2D eigenvalue weighted by Crippen LogP contribution is 2.32. The van der Waals surface area contributed by atoms with E-state index in [-0.39, 0.29) is 0 Å². The van der Waals surface area contributed by atoms with Gasteiger partial charge in [0.2, 0.25) is 0 Å². The summed E-state index contributed by atoms with van der Waals surface area (Å²) in [7, 11) is 0. The number of nitrogens with zero attached hydrogens (tertiary/aromatic N) is 2. The van der Waals surface area contributed by atoms with E-state index < -0.39 is 6.10 Å². The maximum absolute atomic E-state index is 10.6. The van der Waals surface area contributed by atoms with Gasteiger partial charge in [0.15, 0.2) is 0 Å². The highest BCUT2D eigenvalue weighted by Gasteiger charge is 2.21. The predicted molar refractivity (Wildman–Crippen MR) is 80.5 cm³/mol. The number of aryl methyl sites for hydroxylation is 2. The van der Waals surface area contributed by atoms with Crippen LogP contribution in [0, 0.1) is 6.92 Å². The standard InChI is InChI=1S/C14H16BrClN2O/c1-3-6-18-13(12(16)8-17-18)14(19)10-5-4-9(2)7-11(10)15/h4-5,7-8,14,19H,3,6H2,1-2H3. The second kappa shape index (κ2) is 6.07. The van der Waals surface area contributed by atoms with Gasteiger partial charge < -0.3 is 5.11 Å². The maximum Gasteiger partial charge on any atom is 0.123 e. The van der Waals surface area contributed by atoms with Crippen molar-refractivity contribution in [3.63, 3.8) is 0 Å². The van der Waals surface area contributed by atoms with Crippen LogP contribution in [-0.4, -0.2) is 14.9 Å². The molecule has 0 spiro atoms. The van der Waals surface area contributed by atoms with Gasteiger partial charge in [-0.3, -0.25) is 4.68 Å². The first kappa shape index (κ1) is 14.6. The number of halogens is 2. The number of aromatic nitrogens is 2. The van der Waals surface area contributed by atoms with Gasteiger partial charge in [0, 0.05) is 16.6 Å². The zero-order valence-corrected chi connectivity index (χ0v) is 13.2. The van der Waals surface area contributed by atoms with Gasteiger partial charge in [0.1, 0.15) is 6.10 Å². The fourth-order valence-corrected chi connectivity index (χ4v) is 2.99. The van der Waals surface area contributed by atoms with Crippen molar-refractivity contribution in [2.45, 2.75) is 32.9 Å². The van der Waals surface area contributed by atoms with Crippen LogP contribution in [-0.2, 0) is 6.54 Å². The average molecular weight is 344 g/mol. The molecule has 1 N–H and O–H groups in total. The highest BCUT2D eigenvalue weighted by atomic mass is 79.9. The third-order valence-corrected chi connectivity index (χ3v) is 3.96. The second-order valence-electron chi connectivity index (χ2n) is 4.53. The van der Waals surface area contributed by atoms with E-state index in [9.17, 15) is 5.11 Å². The molecule has 1 atom stereocenters. The first-order chi connectivity index (χ1) is 9.04. The molecule has 0 bridgehead atoms. The van der Waals surface area contributed by atoms with Gasteiger partial charge in [0.25, 0.3) is 0 Å². The van der Waals surface area contributed by atoms with Crippen molar-refractivity contribution < 1.29 is 5.11 Å². The fraction of sp³-hybridized carbons (Fsp3) is 0.357. The first-order valence-electron chi connectivity index (χ1n) is 6.20. The molecule has 1 heterocycles. The third kappa shape index (κ3) is 3.02. The Kier molecular flexibility index (Phi) is 4.66. The summed E-state index contributed by atoms with van der Waals surface area (Å²) in [4.78, 5) is 0. The summed E-state index contributed by atoms with van der Waals surface area (Å²) < 4.78 is 2.64. The van der Waals surface area contributed by atoms with Gasteiger partial charge in [-0.05, 0) is 25.0 Å². The Morgan fingerprint density at radius 1 is 1.47 bits per heavy atom. The molecule has 1 aromatic heterocycles. The molecular formula is C14H16BrClN2O. The smallest absolute Gasteiger partial charge is 0.123 e. The molecule has 3 nitrogen and oxygen atoms in total. The number of aliphatic hydroxyl groups excluding tert-OH is 1. The Hall–Kier alpha value is -0.840. The van der Waals surface area contributed by atoms with Crippen molar-refractivity contribution in [2.24, 2.45) is 0 Å². The zero-order chi connectivity index (χ0) is 14.0. The molecule has 0 aliphatic rings. The quantitative estimate of drug-likeness (QED) is 0.907. The summed E-state index contributed by atoms with van der Waals surface area (Å²) >= 11 is 9.64. The van der Waals surface area contributed by atoms with Gasteiger partial charge in [-0.2, -0.15) is 5.10 Å². The number of aliphatic hydroxyl groups is 1. The third-order valence-electron chi connectivity index (χ3n) is 2.98. The van der Waals surface area contributed by atoms with E-state index >= 15 is 0 Å². The Bertz CT molecular complexity index is 583. The monoisotopic (exact) mass is 342 g/mol. The minimum Gasteiger partial charge on any atom is -0.382 e. The minimum atomic E-state index is -0.781. The van der Waals surface area contributed by atoms with E-state index in [2.05, 4.69) is 28.0 Å². The van der Waals surface area contributed by atoms with E-state index in [0.717, 1.165) is 28.6 Å². The largest absolute Gasteiger partial charge is 0.382 e. The van der Waals surface area contributed by atoms with Gasteiger partial charge in [-0.1, -0.05) is 46.6 Å². The van der Waals surface area contributed by atoms with Gasteiger partial charge in [-0.25, -0.2) is 0 Å². The van der Waals surface area contributed by atoms with Gasteiger partial charge in [0.05, 0.1) is 16.9 Å². The van der Waals surface area contributed by atoms with Crippen molar-refractivity contribution in [3.05, 3.63) is 50.7 Å². The fourth-order valence-electron chi connectivity index (χ4n) is 2.03. The topological polar surface area (TPSA) is 38.0 Å². The van der Waals surface area contributed by atoms with E-state index in [4.69, 9.17) is 11.6 Å². The maximum atomic E-state index is 10.6. The molecule has 0 fully saturated rings. The molecular weight excluding hydrogens is 328 g/mol. The van der Waals surface area contributed by atoms with Crippen LogP contribution in [0.1, 0.15) is 36.3 Å². The van der Waals surface area contributed by atoms with Crippen LogP contribution < -0.4 is 0 Å². The molecule has 0 aliphatic heterocycles. The van der Waals surface area contributed by atoms with E-state index in [0.29, 0.717) is 10.7 Å². The summed E-state index contributed by atoms with van der Waals surface area (Å²) in [5.74, 6) is 0. The van der Waals surface area contributed by atoms with Crippen LogP contribution in [0.4, 0.5) is 0 Å². The Morgan fingerprint density at radius 2 is 2.21 bits per heavy atom. The van der Waals surface area contributed by atoms with Crippen LogP contribution in [0.25, 0.3) is 0 Å². The van der Waals surface area contributed by atoms with E-state index in [1.807, 2.05) is 25.1 Å². The van der Waals surface area contributed by atoms with Crippen molar-refractivity contribution in [1.82, 2.24) is 9.78 Å².